The molecular weight excluding hydrogens is 346 g/mol. The fourth-order valence-corrected chi connectivity index (χ4v) is 4.87. The summed E-state index contributed by atoms with van der Waals surface area (Å²) in [5.74, 6) is 0.610. The van der Waals surface area contributed by atoms with Crippen LogP contribution in [-0.2, 0) is 5.88 Å². The molecule has 0 amide bonds. The van der Waals surface area contributed by atoms with Gasteiger partial charge in [0.05, 0.1) is 16.3 Å². The Bertz CT molecular complexity index is 992. The molecule has 1 aromatic carbocycles. The van der Waals surface area contributed by atoms with Gasteiger partial charge in [-0.15, -0.1) is 23.1 Å². The van der Waals surface area contributed by atoms with Crippen molar-refractivity contribution in [3.05, 3.63) is 58.2 Å². The van der Waals surface area contributed by atoms with Gasteiger partial charge in [-0.25, -0.2) is 4.79 Å². The Morgan fingerprint density at radius 1 is 1.21 bits per heavy atom. The zero-order chi connectivity index (χ0) is 16.7. The molecule has 0 aliphatic carbocycles. The van der Waals surface area contributed by atoms with E-state index in [9.17, 15) is 9.59 Å². The van der Waals surface area contributed by atoms with Crippen molar-refractivity contribution < 1.29 is 14.6 Å². The zero-order valence-electron chi connectivity index (χ0n) is 12.3. The second-order valence-corrected chi connectivity index (χ2v) is 7.03. The van der Waals surface area contributed by atoms with Gasteiger partial charge in [0.1, 0.15) is 5.69 Å². The summed E-state index contributed by atoms with van der Waals surface area (Å²) in [6.45, 7) is 0. The van der Waals surface area contributed by atoms with Crippen molar-refractivity contribution in [2.45, 2.75) is 10.8 Å². The lowest BCUT2D eigenvalue weighted by atomic mass is 10.1. The van der Waals surface area contributed by atoms with Crippen molar-refractivity contribution in [1.29, 1.82) is 0 Å². The third kappa shape index (κ3) is 2.42. The van der Waals surface area contributed by atoms with E-state index in [0.29, 0.717) is 17.1 Å². The predicted molar refractivity (Wildman–Crippen MR) is 94.0 cm³/mol. The lowest BCUT2D eigenvalue weighted by Gasteiger charge is -2.21. The molecule has 0 saturated heterocycles. The summed E-state index contributed by atoms with van der Waals surface area (Å²) in [4.78, 5) is 26.0. The smallest absolute Gasteiger partial charge is 0.449 e. The zero-order valence-corrected chi connectivity index (χ0v) is 13.9. The molecule has 5 nitrogen and oxygen atoms in total. The molecule has 24 heavy (non-hydrogen) atoms. The number of benzene rings is 1. The van der Waals surface area contributed by atoms with Crippen LogP contribution in [0.5, 0.6) is 5.75 Å². The molecule has 120 valence electrons. The first-order valence-electron chi connectivity index (χ1n) is 7.10. The highest BCUT2D eigenvalue weighted by Gasteiger charge is 2.26. The van der Waals surface area contributed by atoms with Crippen LogP contribution in [0.15, 0.2) is 57.5 Å². The number of carboxylic acid groups (broad SMARTS) is 1. The number of thioether (sulfide) groups is 1. The fraction of sp³-hybridized carbons (Fsp3) is 0.0588. The number of carbonyl (C=O) groups is 1. The van der Waals surface area contributed by atoms with Crippen LogP contribution in [0.3, 0.4) is 0 Å². The van der Waals surface area contributed by atoms with E-state index in [1.807, 2.05) is 41.8 Å². The molecule has 1 N–H and O–H groups in total. The van der Waals surface area contributed by atoms with Gasteiger partial charge in [0.25, 0.3) is 5.56 Å². The van der Waals surface area contributed by atoms with Gasteiger partial charge in [-0.3, -0.25) is 9.36 Å². The van der Waals surface area contributed by atoms with Gasteiger partial charge in [-0.2, -0.15) is 0 Å². The number of pyridine rings is 1. The highest BCUT2D eigenvalue weighted by atomic mass is 32.2. The molecule has 0 saturated carbocycles. The molecular formula is C17H11NO4S2. The van der Waals surface area contributed by atoms with Crippen LogP contribution in [0.1, 0.15) is 0 Å². The number of thiophene rings is 1. The molecule has 3 heterocycles. The van der Waals surface area contributed by atoms with Crippen molar-refractivity contribution in [3.63, 3.8) is 0 Å². The van der Waals surface area contributed by atoms with Crippen molar-refractivity contribution in [2.75, 3.05) is 0 Å². The molecule has 0 unspecified atom stereocenters. The second kappa shape index (κ2) is 5.85. The summed E-state index contributed by atoms with van der Waals surface area (Å²) < 4.78 is 6.60. The van der Waals surface area contributed by atoms with E-state index < -0.39 is 6.16 Å². The summed E-state index contributed by atoms with van der Waals surface area (Å²) >= 11 is 3.02. The molecule has 0 radical (unpaired) electrons. The van der Waals surface area contributed by atoms with Gasteiger partial charge >= 0.3 is 6.16 Å². The van der Waals surface area contributed by atoms with Gasteiger partial charge in [0, 0.05) is 4.90 Å². The molecule has 0 bridgehead atoms. The standard InChI is InChI=1S/C17H11NO4S2/c19-16-11(10-4-2-1-3-5-10)8-12(22-17(20)21)14-15-13(6-7-23-15)24-9-18(14)16/h1-8H,9H2,(H,20,21). The van der Waals surface area contributed by atoms with Gasteiger partial charge in [-0.1, -0.05) is 30.3 Å². The molecule has 1 aliphatic heterocycles. The molecule has 0 fully saturated rings. The summed E-state index contributed by atoms with van der Waals surface area (Å²) in [5.41, 5.74) is 1.54. The highest BCUT2D eigenvalue weighted by molar-refractivity contribution is 7.98. The van der Waals surface area contributed by atoms with Gasteiger partial charge < -0.3 is 9.84 Å². The summed E-state index contributed by atoms with van der Waals surface area (Å²) in [5, 5.41) is 11.0. The van der Waals surface area contributed by atoms with E-state index in [1.54, 1.807) is 16.3 Å². The normalized spacial score (nSPS) is 12.3. The van der Waals surface area contributed by atoms with Crippen LogP contribution in [0.4, 0.5) is 4.79 Å². The van der Waals surface area contributed by atoms with E-state index in [1.165, 1.54) is 17.4 Å². The molecule has 3 aromatic rings. The van der Waals surface area contributed by atoms with Crippen molar-refractivity contribution >= 4 is 29.3 Å². The minimum atomic E-state index is -1.40. The lowest BCUT2D eigenvalue weighted by Crippen LogP contribution is -2.25. The Hall–Kier alpha value is -2.51. The van der Waals surface area contributed by atoms with Crippen LogP contribution in [0.25, 0.3) is 21.7 Å². The first kappa shape index (κ1) is 15.0. The number of hydrogen-bond donors (Lipinski definition) is 1. The molecule has 4 rings (SSSR count). The lowest BCUT2D eigenvalue weighted by molar-refractivity contribution is 0.144. The molecule has 7 heteroatoms. The minimum Gasteiger partial charge on any atom is -0.449 e. The van der Waals surface area contributed by atoms with Crippen molar-refractivity contribution in [3.8, 4) is 27.4 Å². The van der Waals surface area contributed by atoms with Crippen LogP contribution in [0, 0.1) is 0 Å². The maximum Gasteiger partial charge on any atom is 0.511 e. The minimum absolute atomic E-state index is 0.152. The molecule has 0 atom stereocenters. The number of rotatable bonds is 2. The third-order valence-corrected chi connectivity index (χ3v) is 5.82. The van der Waals surface area contributed by atoms with Crippen LogP contribution >= 0.6 is 23.1 Å². The fourth-order valence-electron chi connectivity index (χ4n) is 2.71. The van der Waals surface area contributed by atoms with Gasteiger partial charge in [0.2, 0.25) is 0 Å². The first-order chi connectivity index (χ1) is 11.6. The SMILES string of the molecule is O=C(O)Oc1cc(-c2ccccc2)c(=O)n2c1-c1sccc1SC2. The van der Waals surface area contributed by atoms with E-state index in [0.717, 1.165) is 15.3 Å². The molecule has 2 aromatic heterocycles. The summed E-state index contributed by atoms with van der Waals surface area (Å²) in [7, 11) is 0. The first-order valence-corrected chi connectivity index (χ1v) is 8.96. The Morgan fingerprint density at radius 2 is 2.00 bits per heavy atom. The second-order valence-electron chi connectivity index (χ2n) is 5.13. The number of fused-ring (bicyclic) bond motifs is 3. The van der Waals surface area contributed by atoms with Crippen LogP contribution in [0.2, 0.25) is 0 Å². The quantitative estimate of drug-likeness (QED) is 0.690. The van der Waals surface area contributed by atoms with Crippen molar-refractivity contribution in [2.24, 2.45) is 0 Å². The predicted octanol–water partition coefficient (Wildman–Crippen LogP) is 4.36. The Morgan fingerprint density at radius 3 is 2.75 bits per heavy atom. The summed E-state index contributed by atoms with van der Waals surface area (Å²) in [6, 6.07) is 12.7. The number of aromatic nitrogens is 1. The molecule has 1 aliphatic rings. The van der Waals surface area contributed by atoms with Crippen LogP contribution < -0.4 is 10.3 Å². The van der Waals surface area contributed by atoms with E-state index >= 15 is 0 Å². The summed E-state index contributed by atoms with van der Waals surface area (Å²) in [6.07, 6.45) is -1.40. The Labute approximate surface area is 145 Å². The Balaban J connectivity index is 2.02. The highest BCUT2D eigenvalue weighted by Crippen LogP contribution is 2.45. The van der Waals surface area contributed by atoms with Gasteiger partial charge in [0.15, 0.2) is 5.75 Å². The van der Waals surface area contributed by atoms with Gasteiger partial charge in [-0.05, 0) is 23.1 Å². The average molecular weight is 357 g/mol. The average Bonchev–Trinajstić information content (AvgIpc) is 3.06. The Kier molecular flexibility index (Phi) is 3.66. The van der Waals surface area contributed by atoms with E-state index in [2.05, 4.69) is 0 Å². The van der Waals surface area contributed by atoms with E-state index in [4.69, 9.17) is 9.84 Å². The third-order valence-electron chi connectivity index (χ3n) is 3.73. The number of ether oxygens (including phenoxy) is 1. The van der Waals surface area contributed by atoms with Crippen molar-refractivity contribution in [1.82, 2.24) is 4.57 Å². The molecule has 0 spiro atoms. The van der Waals surface area contributed by atoms with E-state index in [-0.39, 0.29) is 11.3 Å². The maximum atomic E-state index is 12.9. The number of nitrogens with zero attached hydrogens (tertiary/aromatic N) is 1. The largest absolute Gasteiger partial charge is 0.511 e. The number of hydrogen-bond acceptors (Lipinski definition) is 5. The van der Waals surface area contributed by atoms with Crippen LogP contribution in [-0.4, -0.2) is 15.8 Å². The topological polar surface area (TPSA) is 68.5 Å². The maximum absolute atomic E-state index is 12.9. The monoisotopic (exact) mass is 357 g/mol.